The predicted octanol–water partition coefficient (Wildman–Crippen LogP) is 5.34. The van der Waals surface area contributed by atoms with Crippen molar-refractivity contribution in [3.63, 3.8) is 0 Å². The van der Waals surface area contributed by atoms with Gasteiger partial charge in [0, 0.05) is 29.4 Å². The zero-order chi connectivity index (χ0) is 27.2. The number of carbonyl (C=O) groups is 1. The van der Waals surface area contributed by atoms with Crippen LogP contribution >= 0.6 is 11.6 Å². The van der Waals surface area contributed by atoms with Crippen LogP contribution in [0.5, 0.6) is 17.2 Å². The predicted molar refractivity (Wildman–Crippen MR) is 149 cm³/mol. The average Bonchev–Trinajstić information content (AvgIpc) is 3.48. The molecule has 2 N–H and O–H groups in total. The molecule has 0 aliphatic carbocycles. The highest BCUT2D eigenvalue weighted by atomic mass is 35.5. The smallest absolute Gasteiger partial charge is 0.299 e. The van der Waals surface area contributed by atoms with E-state index in [0.29, 0.717) is 40.0 Å². The lowest BCUT2D eigenvalue weighted by atomic mass is 10.1. The van der Waals surface area contributed by atoms with E-state index in [-0.39, 0.29) is 23.4 Å². The van der Waals surface area contributed by atoms with Gasteiger partial charge in [-0.3, -0.25) is 9.59 Å². The van der Waals surface area contributed by atoms with Crippen molar-refractivity contribution in [1.29, 1.82) is 0 Å². The van der Waals surface area contributed by atoms with Crippen LogP contribution < -0.4 is 25.7 Å². The van der Waals surface area contributed by atoms with Crippen LogP contribution in [-0.4, -0.2) is 42.1 Å². The van der Waals surface area contributed by atoms with E-state index in [1.165, 1.54) is 10.9 Å². The van der Waals surface area contributed by atoms with E-state index >= 15 is 0 Å². The van der Waals surface area contributed by atoms with Crippen molar-refractivity contribution in [3.8, 4) is 22.9 Å². The number of carbonyl (C=O) groups excluding carboxylic acids is 1. The molecule has 4 aromatic rings. The van der Waals surface area contributed by atoms with Crippen LogP contribution in [0.4, 0.5) is 11.4 Å². The summed E-state index contributed by atoms with van der Waals surface area (Å²) in [7, 11) is 1.58. The Morgan fingerprint density at radius 2 is 1.90 bits per heavy atom. The number of amides is 1. The van der Waals surface area contributed by atoms with Crippen LogP contribution in [0.3, 0.4) is 0 Å². The van der Waals surface area contributed by atoms with E-state index in [4.69, 9.17) is 25.8 Å². The van der Waals surface area contributed by atoms with Crippen LogP contribution in [0.25, 0.3) is 5.69 Å². The standard InChI is InChI=1S/C29H27ClN4O5/c1-37-23-10-12-24(13-11-23)39-26-18-32-34(22-8-3-6-20(30)16-22)29(36)27(26)33-21-7-2-5-19(15-21)28(35)31-17-25-9-4-14-38-25/h2-3,5-8,10-13,15-16,18,25,33H,4,9,14,17H2,1H3,(H,31,35)/t25-/m1/s1. The molecule has 9 nitrogen and oxygen atoms in total. The number of hydrogen-bond acceptors (Lipinski definition) is 7. The summed E-state index contributed by atoms with van der Waals surface area (Å²) in [5.41, 5.74) is 1.14. The molecule has 0 unspecified atom stereocenters. The topological polar surface area (TPSA) is 104 Å². The van der Waals surface area contributed by atoms with Crippen molar-refractivity contribution < 1.29 is 19.0 Å². The molecule has 5 rings (SSSR count). The Morgan fingerprint density at radius 3 is 2.64 bits per heavy atom. The Morgan fingerprint density at radius 1 is 1.10 bits per heavy atom. The molecule has 1 aromatic heterocycles. The summed E-state index contributed by atoms with van der Waals surface area (Å²) in [5.74, 6) is 1.14. The minimum Gasteiger partial charge on any atom is -0.497 e. The molecule has 10 heteroatoms. The Kier molecular flexibility index (Phi) is 8.10. The Bertz CT molecular complexity index is 1520. The molecule has 0 saturated carbocycles. The molecule has 0 radical (unpaired) electrons. The number of aromatic nitrogens is 2. The van der Waals surface area contributed by atoms with E-state index in [1.807, 2.05) is 0 Å². The van der Waals surface area contributed by atoms with Crippen molar-refractivity contribution in [1.82, 2.24) is 15.1 Å². The van der Waals surface area contributed by atoms with E-state index in [1.54, 1.807) is 79.9 Å². The van der Waals surface area contributed by atoms with E-state index in [9.17, 15) is 9.59 Å². The maximum Gasteiger partial charge on any atom is 0.299 e. The van der Waals surface area contributed by atoms with Gasteiger partial charge in [0.25, 0.3) is 11.5 Å². The maximum atomic E-state index is 13.7. The number of nitrogens with one attached hydrogen (secondary N) is 2. The molecule has 1 fully saturated rings. The van der Waals surface area contributed by atoms with Gasteiger partial charge in [0.1, 0.15) is 11.5 Å². The van der Waals surface area contributed by atoms with Crippen molar-refractivity contribution in [2.45, 2.75) is 18.9 Å². The summed E-state index contributed by atoms with van der Waals surface area (Å²) >= 11 is 6.15. The normalized spacial score (nSPS) is 14.6. The van der Waals surface area contributed by atoms with Gasteiger partial charge < -0.3 is 24.8 Å². The number of hydrogen-bond donors (Lipinski definition) is 2. The summed E-state index contributed by atoms with van der Waals surface area (Å²) in [6, 6.07) is 20.7. The van der Waals surface area contributed by atoms with E-state index in [2.05, 4.69) is 15.7 Å². The second kappa shape index (κ2) is 12.0. The average molecular weight is 547 g/mol. The van der Waals surface area contributed by atoms with Crippen LogP contribution in [0.1, 0.15) is 23.2 Å². The molecule has 1 aliphatic heterocycles. The molecule has 1 saturated heterocycles. The minimum atomic E-state index is -0.462. The molecular formula is C29H27ClN4O5. The molecule has 1 aliphatic rings. The lowest BCUT2D eigenvalue weighted by Gasteiger charge is -2.15. The van der Waals surface area contributed by atoms with Gasteiger partial charge in [0.15, 0.2) is 11.4 Å². The number of anilines is 2. The molecule has 3 aromatic carbocycles. The molecule has 39 heavy (non-hydrogen) atoms. The third-order valence-electron chi connectivity index (χ3n) is 6.19. The molecule has 0 bridgehead atoms. The summed E-state index contributed by atoms with van der Waals surface area (Å²) in [6.45, 7) is 1.17. The Balaban J connectivity index is 1.46. The van der Waals surface area contributed by atoms with Crippen LogP contribution in [0.15, 0.2) is 83.8 Å². The fourth-order valence-electron chi connectivity index (χ4n) is 4.19. The lowest BCUT2D eigenvalue weighted by molar-refractivity contribution is 0.0858. The van der Waals surface area contributed by atoms with Gasteiger partial charge in [-0.15, -0.1) is 0 Å². The first-order chi connectivity index (χ1) is 19.0. The summed E-state index contributed by atoms with van der Waals surface area (Å²) in [6.07, 6.45) is 3.42. The lowest BCUT2D eigenvalue weighted by Crippen LogP contribution is -2.31. The first-order valence-electron chi connectivity index (χ1n) is 12.5. The number of benzene rings is 3. The van der Waals surface area contributed by atoms with Crippen LogP contribution in [0.2, 0.25) is 5.02 Å². The molecular weight excluding hydrogens is 520 g/mol. The number of methoxy groups -OCH3 is 1. The largest absolute Gasteiger partial charge is 0.497 e. The molecule has 1 amide bonds. The summed E-state index contributed by atoms with van der Waals surface area (Å²) in [5, 5.41) is 10.8. The van der Waals surface area contributed by atoms with Crippen molar-refractivity contribution in [3.05, 3.63) is 99.9 Å². The zero-order valence-electron chi connectivity index (χ0n) is 21.2. The summed E-state index contributed by atoms with van der Waals surface area (Å²) in [4.78, 5) is 26.5. The number of nitrogens with zero attached hydrogens (tertiary/aromatic N) is 2. The Hall–Kier alpha value is -4.34. The second-order valence-electron chi connectivity index (χ2n) is 8.91. The fourth-order valence-corrected chi connectivity index (χ4v) is 4.37. The van der Waals surface area contributed by atoms with Gasteiger partial charge in [-0.2, -0.15) is 9.78 Å². The first-order valence-corrected chi connectivity index (χ1v) is 12.8. The highest BCUT2D eigenvalue weighted by Crippen LogP contribution is 2.30. The van der Waals surface area contributed by atoms with Crippen LogP contribution in [-0.2, 0) is 4.74 Å². The second-order valence-corrected chi connectivity index (χ2v) is 9.35. The van der Waals surface area contributed by atoms with E-state index < -0.39 is 5.56 Å². The van der Waals surface area contributed by atoms with Gasteiger partial charge in [-0.25, -0.2) is 0 Å². The molecule has 1 atom stereocenters. The van der Waals surface area contributed by atoms with Gasteiger partial charge in [-0.1, -0.05) is 23.7 Å². The zero-order valence-corrected chi connectivity index (χ0v) is 22.0. The van der Waals surface area contributed by atoms with Gasteiger partial charge in [-0.05, 0) is 73.5 Å². The minimum absolute atomic E-state index is 0.0368. The highest BCUT2D eigenvalue weighted by Gasteiger charge is 2.18. The van der Waals surface area contributed by atoms with Crippen molar-refractivity contribution in [2.75, 3.05) is 25.6 Å². The van der Waals surface area contributed by atoms with Crippen LogP contribution in [0, 0.1) is 0 Å². The van der Waals surface area contributed by atoms with E-state index in [0.717, 1.165) is 19.4 Å². The molecule has 0 spiro atoms. The third kappa shape index (κ3) is 6.39. The Labute approximate surface area is 230 Å². The fraction of sp³-hybridized carbons (Fsp3) is 0.207. The van der Waals surface area contributed by atoms with Crippen molar-refractivity contribution >= 4 is 28.9 Å². The number of halogens is 1. The van der Waals surface area contributed by atoms with Gasteiger partial charge >= 0.3 is 0 Å². The van der Waals surface area contributed by atoms with Gasteiger partial charge in [0.05, 0.1) is 25.1 Å². The SMILES string of the molecule is COc1ccc(Oc2cnn(-c3cccc(Cl)c3)c(=O)c2Nc2cccc(C(=O)NC[C@H]3CCCO3)c2)cc1. The highest BCUT2D eigenvalue weighted by molar-refractivity contribution is 6.30. The third-order valence-corrected chi connectivity index (χ3v) is 6.43. The molecule has 2 heterocycles. The first kappa shape index (κ1) is 26.3. The van der Waals surface area contributed by atoms with Gasteiger partial charge in [0.2, 0.25) is 0 Å². The summed E-state index contributed by atoms with van der Waals surface area (Å²) < 4.78 is 18.1. The van der Waals surface area contributed by atoms with Crippen molar-refractivity contribution in [2.24, 2.45) is 0 Å². The number of rotatable bonds is 9. The maximum absolute atomic E-state index is 13.7. The molecule has 200 valence electrons. The number of ether oxygens (including phenoxy) is 3. The monoisotopic (exact) mass is 546 g/mol. The quantitative estimate of drug-likeness (QED) is 0.292.